The highest BCUT2D eigenvalue weighted by Gasteiger charge is 2.32. The second kappa shape index (κ2) is 3.62. The minimum Gasteiger partial charge on any atom is -0.507 e. The molecule has 1 aliphatic carbocycles. The van der Waals surface area contributed by atoms with Gasteiger partial charge in [0, 0.05) is 6.42 Å². The van der Waals surface area contributed by atoms with Gasteiger partial charge in [0.1, 0.15) is 5.75 Å². The minimum absolute atomic E-state index is 0.0879. The summed E-state index contributed by atoms with van der Waals surface area (Å²) in [5.41, 5.74) is 3.54. The molecule has 86 valence electrons. The number of fused-ring (bicyclic) bond motifs is 1. The SMILES string of the molecule is Cc1cc(C)c2c(c1O)C(=O)CC(C)C2C. The maximum atomic E-state index is 12.0. The topological polar surface area (TPSA) is 37.3 Å². The monoisotopic (exact) mass is 218 g/mol. The van der Waals surface area contributed by atoms with Crippen LogP contribution in [0.2, 0.25) is 0 Å². The lowest BCUT2D eigenvalue weighted by atomic mass is 9.74. The van der Waals surface area contributed by atoms with Crippen molar-refractivity contribution in [3.63, 3.8) is 0 Å². The van der Waals surface area contributed by atoms with E-state index in [4.69, 9.17) is 0 Å². The van der Waals surface area contributed by atoms with Crippen LogP contribution >= 0.6 is 0 Å². The first-order chi connectivity index (χ1) is 7.43. The van der Waals surface area contributed by atoms with E-state index in [0.29, 0.717) is 23.8 Å². The van der Waals surface area contributed by atoms with Gasteiger partial charge in [0.25, 0.3) is 0 Å². The van der Waals surface area contributed by atoms with Crippen molar-refractivity contribution < 1.29 is 9.90 Å². The van der Waals surface area contributed by atoms with Crippen LogP contribution in [-0.2, 0) is 0 Å². The van der Waals surface area contributed by atoms with Crippen molar-refractivity contribution in [2.24, 2.45) is 5.92 Å². The molecular formula is C14H18O2. The smallest absolute Gasteiger partial charge is 0.167 e. The number of rotatable bonds is 0. The van der Waals surface area contributed by atoms with E-state index in [9.17, 15) is 9.90 Å². The van der Waals surface area contributed by atoms with Gasteiger partial charge in [-0.2, -0.15) is 0 Å². The molecule has 0 saturated carbocycles. The zero-order chi connectivity index (χ0) is 12.0. The summed E-state index contributed by atoms with van der Waals surface area (Å²) in [6.07, 6.45) is 0.546. The van der Waals surface area contributed by atoms with E-state index in [1.807, 2.05) is 19.9 Å². The fourth-order valence-electron chi connectivity index (χ4n) is 2.72. The number of phenolic OH excluding ortho intramolecular Hbond substituents is 1. The highest BCUT2D eigenvalue weighted by atomic mass is 16.3. The molecule has 1 N–H and O–H groups in total. The predicted molar refractivity (Wildman–Crippen MR) is 64.1 cm³/mol. The molecule has 2 unspecified atom stereocenters. The summed E-state index contributed by atoms with van der Waals surface area (Å²) < 4.78 is 0. The van der Waals surface area contributed by atoms with Crippen molar-refractivity contribution >= 4 is 5.78 Å². The molecule has 0 amide bonds. The minimum atomic E-state index is 0.0879. The molecule has 2 rings (SSSR count). The molecule has 0 heterocycles. The van der Waals surface area contributed by atoms with Crippen molar-refractivity contribution in [3.05, 3.63) is 28.3 Å². The molecule has 0 aliphatic heterocycles. The number of Topliss-reactive ketones (excluding diaryl/α,β-unsaturated/α-hetero) is 1. The largest absolute Gasteiger partial charge is 0.507 e. The summed E-state index contributed by atoms with van der Waals surface area (Å²) in [4.78, 5) is 12.0. The second-order valence-corrected chi connectivity index (χ2v) is 5.04. The number of hydrogen-bond acceptors (Lipinski definition) is 2. The van der Waals surface area contributed by atoms with Crippen LogP contribution in [0.15, 0.2) is 6.07 Å². The summed E-state index contributed by atoms with van der Waals surface area (Å²) >= 11 is 0. The molecule has 0 fully saturated rings. The zero-order valence-electron chi connectivity index (χ0n) is 10.3. The first kappa shape index (κ1) is 11.2. The fraction of sp³-hybridized carbons (Fsp3) is 0.500. The quantitative estimate of drug-likeness (QED) is 0.725. The second-order valence-electron chi connectivity index (χ2n) is 5.04. The maximum Gasteiger partial charge on any atom is 0.167 e. The van der Waals surface area contributed by atoms with E-state index in [1.54, 1.807) is 0 Å². The lowest BCUT2D eigenvalue weighted by molar-refractivity contribution is 0.0941. The van der Waals surface area contributed by atoms with Gasteiger partial charge in [-0.15, -0.1) is 0 Å². The molecule has 1 aliphatic rings. The van der Waals surface area contributed by atoms with Crippen LogP contribution in [0.3, 0.4) is 0 Å². The molecule has 0 spiro atoms. The molecule has 0 radical (unpaired) electrons. The van der Waals surface area contributed by atoms with Crippen LogP contribution in [0.4, 0.5) is 0 Å². The summed E-state index contributed by atoms with van der Waals surface area (Å²) in [6.45, 7) is 8.10. The standard InChI is InChI=1S/C14H18O2/c1-7-6-11(15)13-12(10(7)4)8(2)5-9(3)14(13)16/h5,7,10,16H,6H2,1-4H3. The highest BCUT2D eigenvalue weighted by molar-refractivity contribution is 6.02. The molecule has 2 heteroatoms. The lowest BCUT2D eigenvalue weighted by Gasteiger charge is -2.30. The average Bonchev–Trinajstić information content (AvgIpc) is 2.20. The third-order valence-corrected chi connectivity index (χ3v) is 3.83. The van der Waals surface area contributed by atoms with E-state index >= 15 is 0 Å². The Morgan fingerprint density at radius 2 is 1.88 bits per heavy atom. The van der Waals surface area contributed by atoms with Crippen LogP contribution in [0, 0.1) is 19.8 Å². The predicted octanol–water partition coefficient (Wildman–Crippen LogP) is 3.34. The van der Waals surface area contributed by atoms with Crippen LogP contribution in [0.1, 0.15) is 53.2 Å². The molecule has 0 bridgehead atoms. The number of phenols is 1. The Bertz CT molecular complexity index is 460. The first-order valence-corrected chi connectivity index (χ1v) is 5.79. The van der Waals surface area contributed by atoms with E-state index in [0.717, 1.165) is 16.7 Å². The number of ketones is 1. The average molecular weight is 218 g/mol. The molecular weight excluding hydrogens is 200 g/mol. The number of aromatic hydroxyl groups is 1. The van der Waals surface area contributed by atoms with Crippen molar-refractivity contribution in [1.29, 1.82) is 0 Å². The van der Waals surface area contributed by atoms with Crippen molar-refractivity contribution in [2.45, 2.75) is 40.0 Å². The Kier molecular flexibility index (Phi) is 2.53. The van der Waals surface area contributed by atoms with Crippen molar-refractivity contribution in [2.75, 3.05) is 0 Å². The Hall–Kier alpha value is -1.31. The maximum absolute atomic E-state index is 12.0. The van der Waals surface area contributed by atoms with Gasteiger partial charge in [-0.25, -0.2) is 0 Å². The number of benzene rings is 1. The van der Waals surface area contributed by atoms with Crippen LogP contribution in [-0.4, -0.2) is 10.9 Å². The Morgan fingerprint density at radius 1 is 1.25 bits per heavy atom. The Balaban J connectivity index is 2.75. The normalized spacial score (nSPS) is 24.4. The summed E-state index contributed by atoms with van der Waals surface area (Å²) in [6, 6.07) is 1.97. The van der Waals surface area contributed by atoms with Gasteiger partial charge in [0.2, 0.25) is 0 Å². The fourth-order valence-corrected chi connectivity index (χ4v) is 2.72. The Morgan fingerprint density at radius 3 is 2.50 bits per heavy atom. The molecule has 1 aromatic rings. The molecule has 0 aromatic heterocycles. The number of carbonyl (C=O) groups is 1. The summed E-state index contributed by atoms with van der Waals surface area (Å²) in [5, 5.41) is 10.0. The van der Waals surface area contributed by atoms with Crippen LogP contribution < -0.4 is 0 Å². The van der Waals surface area contributed by atoms with Gasteiger partial charge in [-0.05, 0) is 42.4 Å². The molecule has 2 nitrogen and oxygen atoms in total. The third-order valence-electron chi connectivity index (χ3n) is 3.83. The van der Waals surface area contributed by atoms with E-state index < -0.39 is 0 Å². The summed E-state index contributed by atoms with van der Waals surface area (Å²) in [5.74, 6) is 0.981. The van der Waals surface area contributed by atoms with Gasteiger partial charge in [-0.3, -0.25) is 4.79 Å². The third kappa shape index (κ3) is 1.44. The van der Waals surface area contributed by atoms with E-state index in [-0.39, 0.29) is 11.5 Å². The van der Waals surface area contributed by atoms with Crippen LogP contribution in [0.5, 0.6) is 5.75 Å². The first-order valence-electron chi connectivity index (χ1n) is 5.79. The number of aryl methyl sites for hydroxylation is 2. The number of hydrogen-bond donors (Lipinski definition) is 1. The van der Waals surface area contributed by atoms with E-state index in [2.05, 4.69) is 13.8 Å². The van der Waals surface area contributed by atoms with Crippen LogP contribution in [0.25, 0.3) is 0 Å². The van der Waals surface area contributed by atoms with E-state index in [1.165, 1.54) is 0 Å². The highest BCUT2D eigenvalue weighted by Crippen LogP contribution is 2.42. The van der Waals surface area contributed by atoms with Gasteiger partial charge in [0.15, 0.2) is 5.78 Å². The van der Waals surface area contributed by atoms with Gasteiger partial charge >= 0.3 is 0 Å². The van der Waals surface area contributed by atoms with Gasteiger partial charge in [0.05, 0.1) is 5.56 Å². The zero-order valence-corrected chi connectivity index (χ0v) is 10.3. The summed E-state index contributed by atoms with van der Waals surface area (Å²) in [7, 11) is 0. The number of carbonyl (C=O) groups excluding carboxylic acids is 1. The molecule has 1 aromatic carbocycles. The van der Waals surface area contributed by atoms with Crippen molar-refractivity contribution in [1.82, 2.24) is 0 Å². The molecule has 0 saturated heterocycles. The van der Waals surface area contributed by atoms with Gasteiger partial charge in [-0.1, -0.05) is 19.9 Å². The molecule has 2 atom stereocenters. The molecule has 16 heavy (non-hydrogen) atoms. The lowest BCUT2D eigenvalue weighted by Crippen LogP contribution is -2.23. The van der Waals surface area contributed by atoms with Gasteiger partial charge < -0.3 is 5.11 Å². The van der Waals surface area contributed by atoms with Crippen molar-refractivity contribution in [3.8, 4) is 5.75 Å². The Labute approximate surface area is 96.3 Å².